The second-order valence-corrected chi connectivity index (χ2v) is 6.95. The molecule has 0 aromatic carbocycles. The lowest BCUT2D eigenvalue weighted by atomic mass is 9.83. The Balaban J connectivity index is 2.12. The Bertz CT molecular complexity index is 315. The lowest BCUT2D eigenvalue weighted by molar-refractivity contribution is -0.0170. The van der Waals surface area contributed by atoms with Crippen LogP contribution in [0.3, 0.4) is 0 Å². The van der Waals surface area contributed by atoms with Crippen molar-refractivity contribution in [1.82, 2.24) is 10.2 Å². The third-order valence-electron chi connectivity index (χ3n) is 4.16. The van der Waals surface area contributed by atoms with Crippen LogP contribution in [0.1, 0.15) is 59.3 Å². The van der Waals surface area contributed by atoms with E-state index in [0.29, 0.717) is 0 Å². The third-order valence-corrected chi connectivity index (χ3v) is 4.16. The Kier molecular flexibility index (Phi) is 4.39. The molecule has 0 saturated carbocycles. The second-order valence-electron chi connectivity index (χ2n) is 6.95. The molecule has 2 aliphatic heterocycles. The highest BCUT2D eigenvalue weighted by molar-refractivity contribution is 5.69. The largest absolute Gasteiger partial charge is 0.444 e. The Morgan fingerprint density at radius 2 is 1.84 bits per heavy atom. The highest BCUT2D eigenvalue weighted by atomic mass is 16.6. The zero-order valence-corrected chi connectivity index (χ0v) is 12.6. The van der Waals surface area contributed by atoms with Gasteiger partial charge in [-0.2, -0.15) is 0 Å². The van der Waals surface area contributed by atoms with E-state index in [9.17, 15) is 4.79 Å². The van der Waals surface area contributed by atoms with Gasteiger partial charge in [-0.05, 0) is 65.8 Å². The smallest absolute Gasteiger partial charge is 0.410 e. The van der Waals surface area contributed by atoms with Crippen LogP contribution >= 0.6 is 0 Å². The minimum atomic E-state index is -0.409. The average molecular weight is 268 g/mol. The zero-order chi connectivity index (χ0) is 13.9. The van der Waals surface area contributed by atoms with E-state index in [2.05, 4.69) is 5.32 Å². The summed E-state index contributed by atoms with van der Waals surface area (Å²) in [5, 5.41) is 3.51. The van der Waals surface area contributed by atoms with Crippen LogP contribution in [0.25, 0.3) is 0 Å². The molecule has 2 saturated heterocycles. The van der Waals surface area contributed by atoms with Crippen LogP contribution in [0.5, 0.6) is 0 Å². The van der Waals surface area contributed by atoms with Gasteiger partial charge in [-0.3, -0.25) is 0 Å². The normalized spacial score (nSPS) is 29.1. The van der Waals surface area contributed by atoms with Crippen molar-refractivity contribution in [2.45, 2.75) is 70.4 Å². The summed E-state index contributed by atoms with van der Waals surface area (Å²) >= 11 is 0. The maximum atomic E-state index is 12.5. The van der Waals surface area contributed by atoms with Crippen LogP contribution in [-0.2, 0) is 4.74 Å². The van der Waals surface area contributed by atoms with E-state index in [1.807, 2.05) is 25.7 Å². The van der Waals surface area contributed by atoms with E-state index in [4.69, 9.17) is 4.74 Å². The molecule has 2 fully saturated rings. The van der Waals surface area contributed by atoms with E-state index >= 15 is 0 Å². The Hall–Kier alpha value is -0.770. The van der Waals surface area contributed by atoms with Crippen molar-refractivity contribution in [1.29, 1.82) is 0 Å². The van der Waals surface area contributed by atoms with Gasteiger partial charge in [0.25, 0.3) is 0 Å². The van der Waals surface area contributed by atoms with Crippen LogP contribution in [0.15, 0.2) is 0 Å². The molecule has 4 heteroatoms. The Morgan fingerprint density at radius 3 is 2.53 bits per heavy atom. The maximum Gasteiger partial charge on any atom is 0.410 e. The van der Waals surface area contributed by atoms with Gasteiger partial charge in [-0.25, -0.2) is 4.79 Å². The number of likely N-dealkylation sites (tertiary alicyclic amines) is 1. The number of carbonyl (C=O) groups excluding carboxylic acids is 1. The number of carbonyl (C=O) groups is 1. The molecule has 1 atom stereocenters. The monoisotopic (exact) mass is 268 g/mol. The van der Waals surface area contributed by atoms with Gasteiger partial charge in [0.1, 0.15) is 5.60 Å². The molecule has 2 heterocycles. The van der Waals surface area contributed by atoms with Crippen LogP contribution in [0.2, 0.25) is 0 Å². The molecule has 4 nitrogen and oxygen atoms in total. The predicted octanol–water partition coefficient (Wildman–Crippen LogP) is 2.92. The van der Waals surface area contributed by atoms with Crippen LogP contribution in [-0.4, -0.2) is 41.8 Å². The van der Waals surface area contributed by atoms with Crippen molar-refractivity contribution in [3.8, 4) is 0 Å². The van der Waals surface area contributed by atoms with Crippen molar-refractivity contribution < 1.29 is 9.53 Å². The van der Waals surface area contributed by atoms with Crippen LogP contribution in [0, 0.1) is 0 Å². The maximum absolute atomic E-state index is 12.5. The molecule has 1 amide bonds. The van der Waals surface area contributed by atoms with Crippen molar-refractivity contribution >= 4 is 6.09 Å². The van der Waals surface area contributed by atoms with Gasteiger partial charge >= 0.3 is 6.09 Å². The number of ether oxygens (including phenoxy) is 1. The third kappa shape index (κ3) is 3.62. The average Bonchev–Trinajstić information content (AvgIpc) is 2.54. The molecule has 19 heavy (non-hydrogen) atoms. The highest BCUT2D eigenvalue weighted by Gasteiger charge is 2.43. The number of rotatable bonds is 0. The molecule has 0 aliphatic carbocycles. The summed E-state index contributed by atoms with van der Waals surface area (Å²) in [6.45, 7) is 8.65. The molecule has 1 N–H and O–H groups in total. The summed E-state index contributed by atoms with van der Waals surface area (Å²) < 4.78 is 5.60. The first kappa shape index (κ1) is 14.6. The minimum Gasteiger partial charge on any atom is -0.444 e. The Labute approximate surface area is 116 Å². The van der Waals surface area contributed by atoms with Gasteiger partial charge in [0.2, 0.25) is 0 Å². The van der Waals surface area contributed by atoms with Crippen molar-refractivity contribution in [3.05, 3.63) is 0 Å². The fourth-order valence-electron chi connectivity index (χ4n) is 3.26. The van der Waals surface area contributed by atoms with Crippen molar-refractivity contribution in [3.63, 3.8) is 0 Å². The SMILES string of the molecule is CC(C)(C)OC(=O)N1CCCC[C@]12CCCCNC2. The molecule has 1 spiro atoms. The van der Waals surface area contributed by atoms with Crippen LogP contribution < -0.4 is 5.32 Å². The van der Waals surface area contributed by atoms with Gasteiger partial charge in [0.15, 0.2) is 0 Å². The number of hydrogen-bond acceptors (Lipinski definition) is 3. The first-order valence-electron chi connectivity index (χ1n) is 7.64. The Morgan fingerprint density at radius 1 is 1.16 bits per heavy atom. The summed E-state index contributed by atoms with van der Waals surface area (Å²) in [7, 11) is 0. The van der Waals surface area contributed by atoms with Crippen molar-refractivity contribution in [2.24, 2.45) is 0 Å². The number of nitrogens with zero attached hydrogens (tertiary/aromatic N) is 1. The lowest BCUT2D eigenvalue weighted by Crippen LogP contribution is -2.59. The number of amides is 1. The molecular weight excluding hydrogens is 240 g/mol. The van der Waals surface area contributed by atoms with Gasteiger partial charge in [-0.1, -0.05) is 0 Å². The molecule has 0 aromatic heterocycles. The first-order valence-corrected chi connectivity index (χ1v) is 7.64. The molecule has 110 valence electrons. The fourth-order valence-corrected chi connectivity index (χ4v) is 3.26. The molecular formula is C15H28N2O2. The van der Waals surface area contributed by atoms with E-state index in [1.54, 1.807) is 0 Å². The number of nitrogens with one attached hydrogen (secondary N) is 1. The van der Waals surface area contributed by atoms with Gasteiger partial charge < -0.3 is 15.0 Å². The molecule has 2 aliphatic rings. The molecule has 0 bridgehead atoms. The highest BCUT2D eigenvalue weighted by Crippen LogP contribution is 2.34. The molecule has 2 rings (SSSR count). The predicted molar refractivity (Wildman–Crippen MR) is 76.2 cm³/mol. The molecule has 0 unspecified atom stereocenters. The quantitative estimate of drug-likeness (QED) is 0.734. The van der Waals surface area contributed by atoms with E-state index in [0.717, 1.165) is 38.9 Å². The summed E-state index contributed by atoms with van der Waals surface area (Å²) in [5.41, 5.74) is -0.412. The molecule has 0 aromatic rings. The summed E-state index contributed by atoms with van der Waals surface area (Å²) in [4.78, 5) is 14.5. The van der Waals surface area contributed by atoms with Crippen molar-refractivity contribution in [2.75, 3.05) is 19.6 Å². The summed E-state index contributed by atoms with van der Waals surface area (Å²) in [6.07, 6.45) is 6.83. The number of hydrogen-bond donors (Lipinski definition) is 1. The summed E-state index contributed by atoms with van der Waals surface area (Å²) in [5.74, 6) is 0. The van der Waals surface area contributed by atoms with Gasteiger partial charge in [0.05, 0.1) is 5.54 Å². The zero-order valence-electron chi connectivity index (χ0n) is 12.6. The second kappa shape index (κ2) is 5.70. The van der Waals surface area contributed by atoms with Gasteiger partial charge in [0, 0.05) is 13.1 Å². The number of piperidine rings is 1. The fraction of sp³-hybridized carbons (Fsp3) is 0.933. The minimum absolute atomic E-state index is 0.00289. The topological polar surface area (TPSA) is 41.6 Å². The van der Waals surface area contributed by atoms with Gasteiger partial charge in [-0.15, -0.1) is 0 Å². The first-order chi connectivity index (χ1) is 8.93. The molecule has 0 radical (unpaired) electrons. The van der Waals surface area contributed by atoms with E-state index in [1.165, 1.54) is 19.3 Å². The van der Waals surface area contributed by atoms with E-state index in [-0.39, 0.29) is 11.6 Å². The van der Waals surface area contributed by atoms with E-state index < -0.39 is 5.60 Å². The van der Waals surface area contributed by atoms with Crippen LogP contribution in [0.4, 0.5) is 4.79 Å². The lowest BCUT2D eigenvalue weighted by Gasteiger charge is -2.47. The standard InChI is InChI=1S/C15H28N2O2/c1-14(2,3)19-13(18)17-11-7-5-9-15(17)8-4-6-10-16-12-15/h16H,4-12H2,1-3H3/t15-/m0/s1. The summed E-state index contributed by atoms with van der Waals surface area (Å²) in [6, 6.07) is 0.